The number of hydrogen-bond donors (Lipinski definition) is 4. The number of nitrogens with two attached hydrogens (primary N) is 1. The molecule has 1 unspecified atom stereocenters. The van der Waals surface area contributed by atoms with Crippen molar-refractivity contribution in [3.8, 4) is 23.3 Å². The summed E-state index contributed by atoms with van der Waals surface area (Å²) in [4.78, 5) is 35.8. The molecule has 4 aromatic heterocycles. The normalized spacial score (nSPS) is 21.8. The Morgan fingerprint density at radius 2 is 1.75 bits per heavy atom. The molecule has 3 aliphatic carbocycles. The van der Waals surface area contributed by atoms with E-state index in [1.54, 1.807) is 25.4 Å². The van der Waals surface area contributed by atoms with Crippen molar-refractivity contribution >= 4 is 46.4 Å². The zero-order valence-electron chi connectivity index (χ0n) is 44.4. The minimum atomic E-state index is -0.603. The lowest BCUT2D eigenvalue weighted by Gasteiger charge is -2.58. The average molecular weight is 1050 g/mol. The third kappa shape index (κ3) is 10.7. The molecule has 1 spiro atoms. The molecule has 6 aromatic rings. The van der Waals surface area contributed by atoms with Crippen molar-refractivity contribution in [1.82, 2.24) is 33.9 Å². The monoisotopic (exact) mass is 1050 g/mol. The molecule has 0 bridgehead atoms. The molecule has 5 N–H and O–H groups in total. The second-order valence-electron chi connectivity index (χ2n) is 22.3. The molecule has 17 heteroatoms. The SMILES string of the molecule is COc1cc(CN2CCN(C3CC4(CCN(c5ccc(C(=O)NSc6cc(N)c(NCC7CCC(C)(O)CC7)c7nccn67)c(Oc6cc7c(nc6OC)CC=C7F)c5)CC4)C3)C(c3ccccc3C(C)C)C2)ccn1. The van der Waals surface area contributed by atoms with E-state index in [0.29, 0.717) is 75.2 Å². The number of rotatable bonds is 16. The number of carbonyl (C=O) groups excluding carboxylic acids is 1. The summed E-state index contributed by atoms with van der Waals surface area (Å²) in [5, 5.41) is 14.7. The van der Waals surface area contributed by atoms with Crippen molar-refractivity contribution in [1.29, 1.82) is 0 Å². The zero-order chi connectivity index (χ0) is 52.7. The van der Waals surface area contributed by atoms with Gasteiger partial charge in [0.05, 0.1) is 36.8 Å². The minimum Gasteiger partial charge on any atom is -0.481 e. The fraction of sp³-hybridized carbons (Fsp3) is 0.458. The van der Waals surface area contributed by atoms with Gasteiger partial charge in [-0.05, 0) is 129 Å². The van der Waals surface area contributed by atoms with Crippen LogP contribution in [-0.4, -0.2) is 105 Å². The molecular formula is C59H71FN10O5S. The zero-order valence-corrected chi connectivity index (χ0v) is 45.2. The van der Waals surface area contributed by atoms with Gasteiger partial charge in [-0.1, -0.05) is 38.1 Å². The highest BCUT2D eigenvalue weighted by atomic mass is 32.2. The van der Waals surface area contributed by atoms with E-state index in [2.05, 4.69) is 89.9 Å². The third-order valence-corrected chi connectivity index (χ3v) is 17.8. The maximum Gasteiger partial charge on any atom is 0.265 e. The highest BCUT2D eigenvalue weighted by molar-refractivity contribution is 7.97. The second-order valence-corrected chi connectivity index (χ2v) is 23.2. The van der Waals surface area contributed by atoms with Crippen LogP contribution in [-0.2, 0) is 13.0 Å². The summed E-state index contributed by atoms with van der Waals surface area (Å²) in [5.74, 6) is 1.45. The van der Waals surface area contributed by atoms with E-state index in [0.717, 1.165) is 108 Å². The topological polar surface area (TPSA) is 168 Å². The van der Waals surface area contributed by atoms with Crippen molar-refractivity contribution < 1.29 is 28.5 Å². The van der Waals surface area contributed by atoms with Gasteiger partial charge in [-0.15, -0.1) is 0 Å². The summed E-state index contributed by atoms with van der Waals surface area (Å²) in [7, 11) is 3.18. The number of allylic oxidation sites excluding steroid dienone is 1. The number of nitrogen functional groups attached to an aromatic ring is 1. The molecule has 15 nitrogen and oxygen atoms in total. The summed E-state index contributed by atoms with van der Waals surface area (Å²) in [5.41, 5.74) is 14.5. The largest absolute Gasteiger partial charge is 0.481 e. The van der Waals surface area contributed by atoms with Crippen LogP contribution in [0.1, 0.15) is 122 Å². The van der Waals surface area contributed by atoms with Crippen LogP contribution in [0.25, 0.3) is 11.5 Å². The number of benzene rings is 2. The van der Waals surface area contributed by atoms with Crippen LogP contribution in [0.4, 0.5) is 21.5 Å². The van der Waals surface area contributed by atoms with Crippen LogP contribution in [0.3, 0.4) is 0 Å². The summed E-state index contributed by atoms with van der Waals surface area (Å²) >= 11 is 1.13. The first-order valence-corrected chi connectivity index (χ1v) is 27.8. The van der Waals surface area contributed by atoms with Crippen LogP contribution in [0.15, 0.2) is 96.4 Å². The van der Waals surface area contributed by atoms with E-state index >= 15 is 4.39 Å². The molecule has 1 amide bonds. The highest BCUT2D eigenvalue weighted by Gasteiger charge is 2.50. The van der Waals surface area contributed by atoms with Gasteiger partial charge in [0.15, 0.2) is 11.4 Å². The van der Waals surface area contributed by atoms with Gasteiger partial charge in [0, 0.05) is 118 Å². The number of imidazole rings is 1. The quantitative estimate of drug-likeness (QED) is 0.0676. The molecule has 2 saturated carbocycles. The Hall–Kier alpha value is -6.40. The van der Waals surface area contributed by atoms with E-state index in [9.17, 15) is 9.90 Å². The number of amides is 1. The Morgan fingerprint density at radius 1 is 0.947 bits per heavy atom. The number of piperazine rings is 1. The number of methoxy groups -OCH3 is 2. The van der Waals surface area contributed by atoms with Crippen LogP contribution >= 0.6 is 11.9 Å². The predicted molar refractivity (Wildman–Crippen MR) is 297 cm³/mol. The first-order chi connectivity index (χ1) is 36.8. The van der Waals surface area contributed by atoms with Gasteiger partial charge in [0.1, 0.15) is 22.3 Å². The van der Waals surface area contributed by atoms with Gasteiger partial charge in [-0.25, -0.2) is 19.3 Å². The number of nitrogens with one attached hydrogen (secondary N) is 2. The lowest BCUT2D eigenvalue weighted by atomic mass is 9.59. The molecule has 2 saturated heterocycles. The number of halogens is 1. The number of hydrogen-bond acceptors (Lipinski definition) is 14. The van der Waals surface area contributed by atoms with Crippen molar-refractivity contribution in [2.45, 2.75) is 114 Å². The molecule has 4 fully saturated rings. The van der Waals surface area contributed by atoms with Crippen molar-refractivity contribution in [2.24, 2.45) is 11.3 Å². The molecule has 400 valence electrons. The lowest BCUT2D eigenvalue weighted by Crippen LogP contribution is -2.60. The molecular weight excluding hydrogens is 980 g/mol. The first-order valence-electron chi connectivity index (χ1n) is 27.0. The van der Waals surface area contributed by atoms with Crippen molar-refractivity contribution in [2.75, 3.05) is 69.4 Å². The average Bonchev–Trinajstić information content (AvgIpc) is 4.06. The molecule has 6 heterocycles. The molecule has 1 atom stereocenters. The van der Waals surface area contributed by atoms with Crippen LogP contribution < -0.4 is 34.9 Å². The van der Waals surface area contributed by atoms with E-state index in [1.165, 1.54) is 42.7 Å². The number of pyridine rings is 3. The summed E-state index contributed by atoms with van der Waals surface area (Å²) in [6, 6.07) is 23.2. The Bertz CT molecular complexity index is 3120. The van der Waals surface area contributed by atoms with Crippen LogP contribution in [0, 0.1) is 11.3 Å². The smallest absolute Gasteiger partial charge is 0.265 e. The van der Waals surface area contributed by atoms with Crippen molar-refractivity contribution in [3.63, 3.8) is 0 Å². The first kappa shape index (κ1) is 51.7. The second kappa shape index (κ2) is 21.6. The standard InChI is InChI=1S/C59H71FN10O5S/c1-37(2)42-8-6-7-9-43(42)49-36-67(35-39-16-21-62-52(28-39)73-4)26-27-69(49)41-32-59(33-41)19-23-68(24-20-59)40-10-11-44(50(29-40)75-51-30-45-46(60)12-13-48(45)65-57(51)74-5)56(71)66-76-53-31-47(61)54(55-63-22-25-70(53)55)64-34-38-14-17-58(3,72)18-15-38/h6-12,16,21-22,25,28-31,37-38,41,49,64,72H,13-15,17-20,23-24,26-27,32-36,61H2,1-5H3,(H,66,71). The summed E-state index contributed by atoms with van der Waals surface area (Å²) in [6.07, 6.45) is 15.1. The Morgan fingerprint density at radius 3 is 2.53 bits per heavy atom. The highest BCUT2D eigenvalue weighted by Crippen LogP contribution is 2.54. The number of nitrogens with zero attached hydrogens (tertiary/aromatic N) is 7. The number of ether oxygens (including phenoxy) is 3. The molecule has 0 radical (unpaired) electrons. The number of fused-ring (bicyclic) bond motifs is 2. The number of piperidine rings is 1. The van der Waals surface area contributed by atoms with Gasteiger partial charge < -0.3 is 35.3 Å². The number of carbonyl (C=O) groups is 1. The maximum atomic E-state index is 15.0. The van der Waals surface area contributed by atoms with Gasteiger partial charge in [0.25, 0.3) is 11.8 Å². The van der Waals surface area contributed by atoms with E-state index in [1.807, 2.05) is 41.9 Å². The Labute approximate surface area is 449 Å². The summed E-state index contributed by atoms with van der Waals surface area (Å²) in [6.45, 7) is 12.8. The third-order valence-electron chi connectivity index (χ3n) is 16.9. The molecule has 2 aromatic carbocycles. The van der Waals surface area contributed by atoms with Gasteiger partial charge in [0.2, 0.25) is 5.88 Å². The van der Waals surface area contributed by atoms with Crippen LogP contribution in [0.2, 0.25) is 0 Å². The Balaban J connectivity index is 0.792. The molecule has 11 rings (SSSR count). The number of anilines is 3. The fourth-order valence-corrected chi connectivity index (χ4v) is 13.3. The molecule has 5 aliphatic rings. The molecule has 2 aliphatic heterocycles. The Kier molecular flexibility index (Phi) is 14.7. The van der Waals surface area contributed by atoms with E-state index in [-0.39, 0.29) is 22.9 Å². The van der Waals surface area contributed by atoms with Gasteiger partial charge >= 0.3 is 0 Å². The number of aromatic nitrogens is 4. The summed E-state index contributed by atoms with van der Waals surface area (Å²) < 4.78 is 37.7. The van der Waals surface area contributed by atoms with Crippen molar-refractivity contribution in [3.05, 3.63) is 125 Å². The van der Waals surface area contributed by atoms with Crippen LogP contribution in [0.5, 0.6) is 23.3 Å². The predicted octanol–water partition coefficient (Wildman–Crippen LogP) is 10.6. The minimum absolute atomic E-state index is 0.209. The number of aliphatic hydroxyl groups is 1. The van der Waals surface area contributed by atoms with Gasteiger partial charge in [-0.2, -0.15) is 0 Å². The lowest BCUT2D eigenvalue weighted by molar-refractivity contribution is -0.0628. The maximum absolute atomic E-state index is 15.0. The van der Waals surface area contributed by atoms with E-state index < -0.39 is 11.5 Å². The van der Waals surface area contributed by atoms with E-state index in [4.69, 9.17) is 19.9 Å². The fourth-order valence-electron chi connectivity index (χ4n) is 12.5. The van der Waals surface area contributed by atoms with Gasteiger partial charge in [-0.3, -0.25) is 23.7 Å². The molecule has 76 heavy (non-hydrogen) atoms.